The van der Waals surface area contributed by atoms with Gasteiger partial charge in [-0.1, -0.05) is 54.6 Å². The first kappa shape index (κ1) is 18.9. The van der Waals surface area contributed by atoms with Gasteiger partial charge in [0, 0.05) is 27.7 Å². The van der Waals surface area contributed by atoms with Gasteiger partial charge in [0.05, 0.1) is 5.57 Å². The van der Waals surface area contributed by atoms with E-state index in [0.29, 0.717) is 16.7 Å². The number of hydrogen-bond donors (Lipinski definition) is 2. The molecule has 1 aromatic heterocycles. The molecule has 2 aliphatic rings. The molecule has 1 atom stereocenters. The van der Waals surface area contributed by atoms with Crippen molar-refractivity contribution in [1.29, 1.82) is 10.5 Å². The monoisotopic (exact) mass is 428 g/mol. The minimum atomic E-state index is -1.66. The minimum Gasteiger partial charge on any atom is -0.439 e. The molecule has 0 fully saturated rings. The van der Waals surface area contributed by atoms with Gasteiger partial charge in [0.2, 0.25) is 5.88 Å². The quantitative estimate of drug-likeness (QED) is 0.455. The molecule has 1 spiro atoms. The Morgan fingerprint density at radius 2 is 1.70 bits per heavy atom. The minimum absolute atomic E-state index is 0.0611. The van der Waals surface area contributed by atoms with Crippen molar-refractivity contribution in [1.82, 2.24) is 4.98 Å². The van der Waals surface area contributed by atoms with Crippen molar-refractivity contribution >= 4 is 33.2 Å². The van der Waals surface area contributed by atoms with Gasteiger partial charge in [-0.25, -0.2) is 0 Å². The largest absolute Gasteiger partial charge is 0.439 e. The van der Waals surface area contributed by atoms with E-state index in [1.54, 1.807) is 18.2 Å². The van der Waals surface area contributed by atoms with Gasteiger partial charge in [0.1, 0.15) is 23.1 Å². The number of fused-ring (bicyclic) bond motifs is 2. The SMILES string of the molecule is Cc1[nH]c2ccccc2c1C1=C(C#N)[C@@]2(C(=O)c3cccc4cccc2c34)C(C#N)=C(N)O1. The van der Waals surface area contributed by atoms with Gasteiger partial charge >= 0.3 is 0 Å². The summed E-state index contributed by atoms with van der Waals surface area (Å²) in [6.45, 7) is 1.87. The van der Waals surface area contributed by atoms with Gasteiger partial charge in [0.15, 0.2) is 11.5 Å². The summed E-state index contributed by atoms with van der Waals surface area (Å²) in [6, 6.07) is 22.9. The maximum absolute atomic E-state index is 14.1. The van der Waals surface area contributed by atoms with Crippen LogP contribution in [0.5, 0.6) is 0 Å². The maximum atomic E-state index is 14.1. The molecule has 0 saturated carbocycles. The van der Waals surface area contributed by atoms with E-state index in [0.717, 1.165) is 27.4 Å². The first-order valence-corrected chi connectivity index (χ1v) is 10.4. The predicted molar refractivity (Wildman–Crippen MR) is 123 cm³/mol. The van der Waals surface area contributed by atoms with E-state index < -0.39 is 5.41 Å². The number of allylic oxidation sites excluding steroid dienone is 2. The molecule has 6 heteroatoms. The van der Waals surface area contributed by atoms with Crippen molar-refractivity contribution in [3.63, 3.8) is 0 Å². The van der Waals surface area contributed by atoms with E-state index in [4.69, 9.17) is 10.5 Å². The van der Waals surface area contributed by atoms with Gasteiger partial charge in [-0.3, -0.25) is 4.79 Å². The zero-order valence-corrected chi connectivity index (χ0v) is 17.6. The van der Waals surface area contributed by atoms with E-state index >= 15 is 0 Å². The third-order valence-electron chi connectivity index (χ3n) is 6.67. The maximum Gasteiger partial charge on any atom is 0.206 e. The number of nitriles is 2. The number of ketones is 1. The molecule has 33 heavy (non-hydrogen) atoms. The first-order chi connectivity index (χ1) is 16.0. The van der Waals surface area contributed by atoms with Crippen molar-refractivity contribution in [3.05, 3.63) is 100 Å². The Hall–Kier alpha value is -4.81. The standard InChI is InChI=1S/C27H16N4O2/c1-14-22(16-8-2-3-11-21(16)31-14)24-19(12-28)27(20(13-29)26(30)33-24)18-10-5-7-15-6-4-9-17(23(15)18)25(27)32/h2-11,31H,30H2,1H3/t27-/m1/s1. The van der Waals surface area contributed by atoms with Gasteiger partial charge in [0.25, 0.3) is 0 Å². The highest BCUT2D eigenvalue weighted by Crippen LogP contribution is 2.55. The lowest BCUT2D eigenvalue weighted by Gasteiger charge is -2.34. The highest BCUT2D eigenvalue weighted by Gasteiger charge is 2.58. The molecule has 1 aliphatic heterocycles. The van der Waals surface area contributed by atoms with Gasteiger partial charge < -0.3 is 15.5 Å². The highest BCUT2D eigenvalue weighted by atomic mass is 16.5. The number of hydrogen-bond acceptors (Lipinski definition) is 5. The molecule has 0 bridgehead atoms. The van der Waals surface area contributed by atoms with E-state index in [2.05, 4.69) is 17.1 Å². The molecule has 4 aromatic rings. The molecule has 0 saturated heterocycles. The zero-order chi connectivity index (χ0) is 22.9. The van der Waals surface area contributed by atoms with Crippen LogP contribution in [0.25, 0.3) is 27.4 Å². The Labute approximate surface area is 188 Å². The lowest BCUT2D eigenvalue weighted by atomic mass is 9.67. The number of aromatic amines is 1. The fourth-order valence-corrected chi connectivity index (χ4v) is 5.37. The van der Waals surface area contributed by atoms with Gasteiger partial charge in [-0.2, -0.15) is 10.5 Å². The first-order valence-electron chi connectivity index (χ1n) is 10.4. The summed E-state index contributed by atoms with van der Waals surface area (Å²) in [6.07, 6.45) is 0. The molecule has 1 aliphatic carbocycles. The molecule has 3 aromatic carbocycles. The molecule has 6 rings (SSSR count). The van der Waals surface area contributed by atoms with E-state index in [-0.39, 0.29) is 28.6 Å². The number of nitrogens with two attached hydrogens (primary N) is 1. The number of rotatable bonds is 1. The number of aromatic nitrogens is 1. The van der Waals surface area contributed by atoms with Gasteiger partial charge in [-0.15, -0.1) is 0 Å². The summed E-state index contributed by atoms with van der Waals surface area (Å²) < 4.78 is 5.98. The third kappa shape index (κ3) is 2.12. The number of ether oxygens (including phenoxy) is 1. The number of H-pyrrole nitrogens is 1. The second-order valence-corrected chi connectivity index (χ2v) is 8.23. The molecule has 6 nitrogen and oxygen atoms in total. The molecule has 0 unspecified atom stereocenters. The van der Waals surface area contributed by atoms with Crippen molar-refractivity contribution in [3.8, 4) is 12.1 Å². The normalized spacial score (nSPS) is 19.3. The summed E-state index contributed by atoms with van der Waals surface area (Å²) in [7, 11) is 0. The number of carbonyl (C=O) groups is 1. The smallest absolute Gasteiger partial charge is 0.206 e. The van der Waals surface area contributed by atoms with Gasteiger partial charge in [-0.05, 0) is 29.3 Å². The van der Waals surface area contributed by atoms with Crippen LogP contribution in [0.1, 0.15) is 27.2 Å². The molecular formula is C27H16N4O2. The van der Waals surface area contributed by atoms with Crippen LogP contribution in [0.3, 0.4) is 0 Å². The van der Waals surface area contributed by atoms with E-state index in [1.165, 1.54) is 0 Å². The summed E-state index contributed by atoms with van der Waals surface area (Å²) >= 11 is 0. The zero-order valence-electron chi connectivity index (χ0n) is 17.6. The van der Waals surface area contributed by atoms with Crippen LogP contribution in [-0.4, -0.2) is 10.8 Å². The second-order valence-electron chi connectivity index (χ2n) is 8.23. The van der Waals surface area contributed by atoms with Crippen LogP contribution in [0.2, 0.25) is 0 Å². The van der Waals surface area contributed by atoms with Crippen LogP contribution in [0.15, 0.2) is 77.7 Å². The van der Waals surface area contributed by atoms with E-state index in [9.17, 15) is 15.3 Å². The number of aryl methyl sites for hydroxylation is 1. The molecule has 0 amide bonds. The second kappa shape index (κ2) is 6.35. The molecule has 0 radical (unpaired) electrons. The van der Waals surface area contributed by atoms with Crippen LogP contribution in [0, 0.1) is 29.6 Å². The Balaban J connectivity index is 1.80. The topological polar surface area (TPSA) is 116 Å². The summed E-state index contributed by atoms with van der Waals surface area (Å²) in [4.78, 5) is 17.4. The van der Waals surface area contributed by atoms with Crippen LogP contribution in [0.4, 0.5) is 0 Å². The predicted octanol–water partition coefficient (Wildman–Crippen LogP) is 4.72. The van der Waals surface area contributed by atoms with Crippen molar-refractivity contribution in [2.24, 2.45) is 5.73 Å². The molecular weight excluding hydrogens is 412 g/mol. The Morgan fingerprint density at radius 1 is 0.970 bits per heavy atom. The molecule has 2 heterocycles. The Kier molecular flexibility index (Phi) is 3.64. The lowest BCUT2D eigenvalue weighted by Crippen LogP contribution is -2.41. The number of para-hydroxylation sites is 1. The molecule has 3 N–H and O–H groups in total. The third-order valence-corrected chi connectivity index (χ3v) is 6.67. The number of Topliss-reactive ketones (excluding diaryl/α,β-unsaturated/α-hetero) is 1. The average Bonchev–Trinajstić information content (AvgIpc) is 3.28. The Bertz CT molecular complexity index is 1700. The van der Waals surface area contributed by atoms with E-state index in [1.807, 2.05) is 49.4 Å². The number of benzene rings is 3. The molecule has 156 valence electrons. The lowest BCUT2D eigenvalue weighted by molar-refractivity contribution is 0.0937. The summed E-state index contributed by atoms with van der Waals surface area (Å²) in [5.41, 5.74) is 7.98. The van der Waals surface area contributed by atoms with Crippen molar-refractivity contribution < 1.29 is 9.53 Å². The van der Waals surface area contributed by atoms with Crippen LogP contribution >= 0.6 is 0 Å². The Morgan fingerprint density at radius 3 is 2.45 bits per heavy atom. The summed E-state index contributed by atoms with van der Waals surface area (Å²) in [5.74, 6) is -0.319. The average molecular weight is 428 g/mol. The highest BCUT2D eigenvalue weighted by molar-refractivity contribution is 6.25. The number of nitrogens with one attached hydrogen (secondary N) is 1. The number of carbonyl (C=O) groups excluding carboxylic acids is 1. The number of nitrogens with zero attached hydrogens (tertiary/aromatic N) is 2. The summed E-state index contributed by atoms with van der Waals surface area (Å²) in [5, 5.41) is 23.0. The van der Waals surface area contributed by atoms with Crippen LogP contribution in [-0.2, 0) is 10.2 Å². The van der Waals surface area contributed by atoms with Crippen molar-refractivity contribution in [2.75, 3.05) is 0 Å². The van der Waals surface area contributed by atoms with Crippen LogP contribution < -0.4 is 5.73 Å². The van der Waals surface area contributed by atoms with Crippen molar-refractivity contribution in [2.45, 2.75) is 12.3 Å². The fraction of sp³-hybridized carbons (Fsp3) is 0.0741. The fourth-order valence-electron chi connectivity index (χ4n) is 5.37.